The molecule has 0 saturated carbocycles. The van der Waals surface area contributed by atoms with Gasteiger partial charge in [0.1, 0.15) is 0 Å². The Kier molecular flexibility index (Phi) is 3.72. The molecule has 1 amide bonds. The first-order chi connectivity index (χ1) is 8.49. The molecule has 94 valence electrons. The van der Waals surface area contributed by atoms with Gasteiger partial charge in [0.05, 0.1) is 14.4 Å². The van der Waals surface area contributed by atoms with Gasteiger partial charge in [-0.05, 0) is 40.2 Å². The Balaban J connectivity index is 2.25. The van der Waals surface area contributed by atoms with E-state index in [1.165, 1.54) is 6.07 Å². The smallest absolute Gasteiger partial charge is 0.265 e. The van der Waals surface area contributed by atoms with Crippen LogP contribution in [-0.2, 0) is 0 Å². The van der Waals surface area contributed by atoms with Gasteiger partial charge < -0.3 is 5.32 Å². The Morgan fingerprint density at radius 3 is 2.44 bits per heavy atom. The molecule has 0 aliphatic carbocycles. The summed E-state index contributed by atoms with van der Waals surface area (Å²) in [5, 5.41) is 2.18. The Hall–Kier alpha value is -1.34. The number of hydrogen-bond donors (Lipinski definition) is 1. The third-order valence-corrected chi connectivity index (χ3v) is 3.70. The van der Waals surface area contributed by atoms with Crippen molar-refractivity contribution < 1.29 is 18.0 Å². The standard InChI is InChI=1S/C11H5BrF3NOS/c12-8-4-3-7(18-8)11(17)16-6-2-1-5(13)9(14)10(6)15/h1-4H,(H,16,17). The van der Waals surface area contributed by atoms with Gasteiger partial charge in [-0.1, -0.05) is 0 Å². The van der Waals surface area contributed by atoms with Crippen LogP contribution in [0.2, 0.25) is 0 Å². The van der Waals surface area contributed by atoms with E-state index in [9.17, 15) is 18.0 Å². The Morgan fingerprint density at radius 1 is 1.11 bits per heavy atom. The van der Waals surface area contributed by atoms with Crippen LogP contribution < -0.4 is 5.32 Å². The molecule has 0 bridgehead atoms. The van der Waals surface area contributed by atoms with Crippen LogP contribution in [0.5, 0.6) is 0 Å². The predicted octanol–water partition coefficient (Wildman–Crippen LogP) is 4.18. The lowest BCUT2D eigenvalue weighted by Crippen LogP contribution is -2.12. The number of hydrogen-bond acceptors (Lipinski definition) is 2. The number of thiophene rings is 1. The van der Waals surface area contributed by atoms with Crippen LogP contribution in [0.3, 0.4) is 0 Å². The Labute approximate surface area is 113 Å². The second kappa shape index (κ2) is 5.11. The highest BCUT2D eigenvalue weighted by molar-refractivity contribution is 9.11. The maximum Gasteiger partial charge on any atom is 0.265 e. The molecule has 18 heavy (non-hydrogen) atoms. The van der Waals surface area contributed by atoms with Gasteiger partial charge >= 0.3 is 0 Å². The lowest BCUT2D eigenvalue weighted by atomic mass is 10.2. The third kappa shape index (κ3) is 2.56. The number of nitrogens with one attached hydrogen (secondary N) is 1. The van der Waals surface area contributed by atoms with Gasteiger partial charge in [0, 0.05) is 0 Å². The van der Waals surface area contributed by atoms with Crippen LogP contribution >= 0.6 is 27.3 Å². The van der Waals surface area contributed by atoms with E-state index in [1.807, 2.05) is 0 Å². The highest BCUT2D eigenvalue weighted by atomic mass is 79.9. The van der Waals surface area contributed by atoms with Crippen molar-refractivity contribution in [1.29, 1.82) is 0 Å². The molecular formula is C11H5BrF3NOS. The molecule has 1 aromatic heterocycles. The molecule has 0 atom stereocenters. The van der Waals surface area contributed by atoms with Crippen LogP contribution in [0.1, 0.15) is 9.67 Å². The van der Waals surface area contributed by atoms with Crippen LogP contribution in [-0.4, -0.2) is 5.91 Å². The summed E-state index contributed by atoms with van der Waals surface area (Å²) >= 11 is 4.32. The first-order valence-corrected chi connectivity index (χ1v) is 6.30. The lowest BCUT2D eigenvalue weighted by Gasteiger charge is -2.05. The molecule has 0 spiro atoms. The zero-order chi connectivity index (χ0) is 13.3. The number of carbonyl (C=O) groups is 1. The summed E-state index contributed by atoms with van der Waals surface area (Å²) in [4.78, 5) is 12.0. The first-order valence-electron chi connectivity index (χ1n) is 4.69. The fourth-order valence-electron chi connectivity index (χ4n) is 1.24. The molecule has 1 aromatic carbocycles. The second-order valence-corrected chi connectivity index (χ2v) is 5.74. The topological polar surface area (TPSA) is 29.1 Å². The molecule has 0 saturated heterocycles. The normalized spacial score (nSPS) is 10.4. The molecule has 0 aliphatic rings. The van der Waals surface area contributed by atoms with Gasteiger partial charge in [-0.3, -0.25) is 4.79 Å². The van der Waals surface area contributed by atoms with Crippen LogP contribution in [0, 0.1) is 17.5 Å². The molecule has 2 nitrogen and oxygen atoms in total. The zero-order valence-electron chi connectivity index (χ0n) is 8.64. The highest BCUT2D eigenvalue weighted by Crippen LogP contribution is 2.24. The monoisotopic (exact) mass is 335 g/mol. The molecule has 0 aliphatic heterocycles. The number of carbonyl (C=O) groups excluding carboxylic acids is 1. The summed E-state index contributed by atoms with van der Waals surface area (Å²) in [5.74, 6) is -4.92. The molecule has 2 aromatic rings. The molecule has 7 heteroatoms. The Morgan fingerprint density at radius 2 is 1.83 bits per heavy atom. The van der Waals surface area contributed by atoms with Crippen LogP contribution in [0.4, 0.5) is 18.9 Å². The number of anilines is 1. The van der Waals surface area contributed by atoms with Gasteiger partial charge in [-0.25, -0.2) is 13.2 Å². The average molecular weight is 336 g/mol. The molecule has 0 fully saturated rings. The van der Waals surface area contributed by atoms with Crippen molar-refractivity contribution in [3.05, 3.63) is 50.4 Å². The van der Waals surface area contributed by atoms with Crippen LogP contribution in [0.15, 0.2) is 28.1 Å². The van der Waals surface area contributed by atoms with Crippen molar-refractivity contribution in [2.45, 2.75) is 0 Å². The summed E-state index contributed by atoms with van der Waals surface area (Å²) in [6, 6.07) is 4.90. The van der Waals surface area contributed by atoms with E-state index >= 15 is 0 Å². The number of rotatable bonds is 2. The van der Waals surface area contributed by atoms with Gasteiger partial charge in [0.25, 0.3) is 5.91 Å². The minimum absolute atomic E-state index is 0.325. The largest absolute Gasteiger partial charge is 0.319 e. The Bertz CT molecular complexity index is 614. The SMILES string of the molecule is O=C(Nc1ccc(F)c(F)c1F)c1ccc(Br)s1. The number of amides is 1. The molecule has 2 rings (SSSR count). The van der Waals surface area contributed by atoms with Gasteiger partial charge in [-0.2, -0.15) is 0 Å². The summed E-state index contributed by atoms with van der Waals surface area (Å²) in [6.07, 6.45) is 0. The molecule has 1 heterocycles. The van der Waals surface area contributed by atoms with E-state index in [1.54, 1.807) is 6.07 Å². The van der Waals surface area contributed by atoms with Crippen molar-refractivity contribution in [1.82, 2.24) is 0 Å². The van der Waals surface area contributed by atoms with Crippen molar-refractivity contribution in [3.8, 4) is 0 Å². The molecule has 1 N–H and O–H groups in total. The van der Waals surface area contributed by atoms with E-state index in [-0.39, 0.29) is 0 Å². The number of benzene rings is 1. The second-order valence-electron chi connectivity index (χ2n) is 3.28. The predicted molar refractivity (Wildman–Crippen MR) is 66.3 cm³/mol. The fourth-order valence-corrected chi connectivity index (χ4v) is 2.52. The molecule has 0 unspecified atom stereocenters. The minimum atomic E-state index is -1.61. The van der Waals surface area contributed by atoms with Crippen molar-refractivity contribution >= 4 is 38.9 Å². The first kappa shape index (κ1) is 13.1. The van der Waals surface area contributed by atoms with Gasteiger partial charge in [0.2, 0.25) is 0 Å². The van der Waals surface area contributed by atoms with Crippen LogP contribution in [0.25, 0.3) is 0 Å². The number of halogens is 4. The average Bonchev–Trinajstić information content (AvgIpc) is 2.77. The van der Waals surface area contributed by atoms with E-state index in [0.29, 0.717) is 4.88 Å². The summed E-state index contributed by atoms with van der Waals surface area (Å²) in [5.41, 5.74) is -0.400. The maximum absolute atomic E-state index is 13.3. The van der Waals surface area contributed by atoms with E-state index in [2.05, 4.69) is 21.2 Å². The summed E-state index contributed by atoms with van der Waals surface area (Å²) in [7, 11) is 0. The van der Waals surface area contributed by atoms with Crippen molar-refractivity contribution in [2.75, 3.05) is 5.32 Å². The fraction of sp³-hybridized carbons (Fsp3) is 0. The molecule has 0 radical (unpaired) electrons. The van der Waals surface area contributed by atoms with Crippen molar-refractivity contribution in [3.63, 3.8) is 0 Å². The highest BCUT2D eigenvalue weighted by Gasteiger charge is 2.16. The maximum atomic E-state index is 13.3. The minimum Gasteiger partial charge on any atom is -0.319 e. The van der Waals surface area contributed by atoms with E-state index in [4.69, 9.17) is 0 Å². The third-order valence-electron chi connectivity index (χ3n) is 2.08. The van der Waals surface area contributed by atoms with Gasteiger partial charge in [0.15, 0.2) is 17.5 Å². The summed E-state index contributed by atoms with van der Waals surface area (Å²) in [6.45, 7) is 0. The van der Waals surface area contributed by atoms with Gasteiger partial charge in [-0.15, -0.1) is 11.3 Å². The van der Waals surface area contributed by atoms with E-state index in [0.717, 1.165) is 27.3 Å². The molecular weight excluding hydrogens is 331 g/mol. The van der Waals surface area contributed by atoms with E-state index < -0.39 is 29.0 Å². The summed E-state index contributed by atoms with van der Waals surface area (Å²) < 4.78 is 39.7. The quantitative estimate of drug-likeness (QED) is 0.819. The van der Waals surface area contributed by atoms with Crippen molar-refractivity contribution in [2.24, 2.45) is 0 Å². The zero-order valence-corrected chi connectivity index (χ0v) is 11.0. The lowest BCUT2D eigenvalue weighted by molar-refractivity contribution is 0.103.